The van der Waals surface area contributed by atoms with E-state index < -0.39 is 5.97 Å². The van der Waals surface area contributed by atoms with Crippen LogP contribution in [0.2, 0.25) is 5.02 Å². The average Bonchev–Trinajstić information content (AvgIpc) is 3.16. The van der Waals surface area contributed by atoms with Crippen LogP contribution in [0.25, 0.3) is 11.1 Å². The van der Waals surface area contributed by atoms with Crippen molar-refractivity contribution in [1.29, 1.82) is 0 Å². The van der Waals surface area contributed by atoms with E-state index in [-0.39, 0.29) is 19.1 Å². The Morgan fingerprint density at radius 2 is 1.90 bits per heavy atom. The number of nitrogens with one attached hydrogen (secondary N) is 2. The van der Waals surface area contributed by atoms with Crippen molar-refractivity contribution in [3.8, 4) is 16.9 Å². The maximum atomic E-state index is 12.7. The molecule has 0 aliphatic carbocycles. The highest BCUT2D eigenvalue weighted by molar-refractivity contribution is 7.15. The monoisotopic (exact) mass is 458 g/mol. The zero-order chi connectivity index (χ0) is 22.4. The number of carbonyl (C=O) groups excluding carboxylic acids is 2. The molecule has 2 N–H and O–H groups in total. The lowest BCUT2D eigenvalue weighted by Gasteiger charge is -2.12. The zero-order valence-corrected chi connectivity index (χ0v) is 19.0. The van der Waals surface area contributed by atoms with Crippen LogP contribution in [0, 0.1) is 6.92 Å². The lowest BCUT2D eigenvalue weighted by atomic mass is 10.0. The van der Waals surface area contributed by atoms with Crippen LogP contribution >= 0.6 is 22.9 Å². The number of ether oxygens (including phenoxy) is 2. The minimum Gasteiger partial charge on any atom is -0.495 e. The molecule has 0 radical (unpaired) electrons. The summed E-state index contributed by atoms with van der Waals surface area (Å²) in [6.07, 6.45) is 0. The van der Waals surface area contributed by atoms with Gasteiger partial charge in [0.1, 0.15) is 16.3 Å². The second-order valence-corrected chi connectivity index (χ2v) is 7.95. The maximum absolute atomic E-state index is 12.7. The number of carbonyl (C=O) groups is 2. The fourth-order valence-corrected chi connectivity index (χ4v) is 4.24. The molecule has 0 unspecified atom stereocenters. The third-order valence-corrected chi connectivity index (χ3v) is 5.71. The third-order valence-electron chi connectivity index (χ3n) is 4.48. The molecule has 1 amide bonds. The number of benzene rings is 2. The highest BCUT2D eigenvalue weighted by Gasteiger charge is 2.23. The van der Waals surface area contributed by atoms with Crippen LogP contribution in [-0.4, -0.2) is 32.1 Å². The van der Waals surface area contributed by atoms with Crippen molar-refractivity contribution >= 4 is 45.5 Å². The van der Waals surface area contributed by atoms with E-state index in [9.17, 15) is 9.59 Å². The summed E-state index contributed by atoms with van der Waals surface area (Å²) in [7, 11) is 1.57. The van der Waals surface area contributed by atoms with E-state index in [2.05, 4.69) is 10.6 Å². The van der Waals surface area contributed by atoms with Gasteiger partial charge < -0.3 is 20.1 Å². The molecule has 1 aromatic heterocycles. The van der Waals surface area contributed by atoms with E-state index in [4.69, 9.17) is 21.1 Å². The predicted molar refractivity (Wildman–Crippen MR) is 126 cm³/mol. The number of esters is 1. The first-order valence-electron chi connectivity index (χ1n) is 9.66. The van der Waals surface area contributed by atoms with Crippen molar-refractivity contribution in [3.05, 3.63) is 64.0 Å². The summed E-state index contributed by atoms with van der Waals surface area (Å²) in [6, 6.07) is 12.9. The number of halogens is 1. The summed E-state index contributed by atoms with van der Waals surface area (Å²) in [4.78, 5) is 25.3. The van der Waals surface area contributed by atoms with Gasteiger partial charge in [-0.3, -0.25) is 4.79 Å². The molecule has 1 heterocycles. The molecule has 31 heavy (non-hydrogen) atoms. The number of anilines is 2. The lowest BCUT2D eigenvalue weighted by Crippen LogP contribution is -2.22. The molecule has 0 saturated heterocycles. The minimum absolute atomic E-state index is 0.00139. The van der Waals surface area contributed by atoms with Gasteiger partial charge in [-0.15, -0.1) is 11.3 Å². The zero-order valence-electron chi connectivity index (χ0n) is 17.5. The van der Waals surface area contributed by atoms with Gasteiger partial charge in [-0.2, -0.15) is 0 Å². The second kappa shape index (κ2) is 10.3. The Bertz CT molecular complexity index is 1100. The van der Waals surface area contributed by atoms with Crippen molar-refractivity contribution in [2.75, 3.05) is 30.9 Å². The molecular weight excluding hydrogens is 436 g/mol. The molecule has 0 spiro atoms. The fraction of sp³-hybridized carbons (Fsp3) is 0.217. The highest BCUT2D eigenvalue weighted by Crippen LogP contribution is 2.39. The van der Waals surface area contributed by atoms with E-state index in [0.717, 1.165) is 5.56 Å². The van der Waals surface area contributed by atoms with Crippen molar-refractivity contribution in [2.45, 2.75) is 13.8 Å². The van der Waals surface area contributed by atoms with Gasteiger partial charge in [0.15, 0.2) is 0 Å². The molecule has 8 heteroatoms. The fourth-order valence-electron chi connectivity index (χ4n) is 3.04. The molecule has 0 bridgehead atoms. The summed E-state index contributed by atoms with van der Waals surface area (Å²) >= 11 is 7.58. The van der Waals surface area contributed by atoms with Gasteiger partial charge in [-0.25, -0.2) is 4.79 Å². The Balaban J connectivity index is 1.82. The second-order valence-electron chi connectivity index (χ2n) is 6.66. The van der Waals surface area contributed by atoms with Crippen LogP contribution < -0.4 is 15.4 Å². The largest absolute Gasteiger partial charge is 0.495 e. The molecule has 162 valence electrons. The first kappa shape index (κ1) is 22.7. The van der Waals surface area contributed by atoms with Crippen LogP contribution in [0.3, 0.4) is 0 Å². The summed E-state index contributed by atoms with van der Waals surface area (Å²) < 4.78 is 10.6. The Kier molecular flexibility index (Phi) is 7.55. The first-order valence-corrected chi connectivity index (χ1v) is 10.9. The number of rotatable bonds is 8. The number of hydrogen-bond acceptors (Lipinski definition) is 6. The Labute approximate surface area is 190 Å². The quantitative estimate of drug-likeness (QED) is 0.429. The van der Waals surface area contributed by atoms with Crippen molar-refractivity contribution in [1.82, 2.24) is 0 Å². The minimum atomic E-state index is -0.512. The van der Waals surface area contributed by atoms with E-state index in [1.54, 1.807) is 25.5 Å². The SMILES string of the molecule is CCOC(=O)c1c(-c2ccccc2Cl)csc1NC(=O)CNc1cc(C)ccc1OC. The van der Waals surface area contributed by atoms with E-state index in [1.165, 1.54) is 11.3 Å². The molecule has 3 rings (SSSR count). The maximum Gasteiger partial charge on any atom is 0.341 e. The lowest BCUT2D eigenvalue weighted by molar-refractivity contribution is -0.114. The van der Waals surface area contributed by atoms with Gasteiger partial charge in [0.05, 0.1) is 25.9 Å². The molecule has 0 aliphatic heterocycles. The highest BCUT2D eigenvalue weighted by atomic mass is 35.5. The van der Waals surface area contributed by atoms with E-state index >= 15 is 0 Å². The smallest absolute Gasteiger partial charge is 0.341 e. The van der Waals surface area contributed by atoms with E-state index in [1.807, 2.05) is 43.3 Å². The Morgan fingerprint density at radius 3 is 2.61 bits per heavy atom. The van der Waals surface area contributed by atoms with Gasteiger partial charge in [-0.1, -0.05) is 35.9 Å². The normalized spacial score (nSPS) is 10.5. The molecule has 2 aromatic carbocycles. The topological polar surface area (TPSA) is 76.7 Å². The summed E-state index contributed by atoms with van der Waals surface area (Å²) in [5, 5.41) is 8.61. The Morgan fingerprint density at radius 1 is 1.13 bits per heavy atom. The van der Waals surface area contributed by atoms with Crippen LogP contribution in [0.1, 0.15) is 22.8 Å². The number of methoxy groups -OCH3 is 1. The van der Waals surface area contributed by atoms with Gasteiger partial charge in [0.25, 0.3) is 0 Å². The van der Waals surface area contributed by atoms with Crippen molar-refractivity contribution < 1.29 is 19.1 Å². The van der Waals surface area contributed by atoms with Crippen LogP contribution in [0.5, 0.6) is 5.75 Å². The van der Waals surface area contributed by atoms with Gasteiger partial charge in [0.2, 0.25) is 5.91 Å². The van der Waals surface area contributed by atoms with Crippen molar-refractivity contribution in [3.63, 3.8) is 0 Å². The van der Waals surface area contributed by atoms with Crippen LogP contribution in [-0.2, 0) is 9.53 Å². The Hall–Kier alpha value is -3.03. The van der Waals surface area contributed by atoms with Gasteiger partial charge >= 0.3 is 5.97 Å². The molecule has 0 atom stereocenters. The van der Waals surface area contributed by atoms with Gasteiger partial charge in [-0.05, 0) is 37.6 Å². The number of thiophene rings is 1. The number of amides is 1. The number of aryl methyl sites for hydroxylation is 1. The van der Waals surface area contributed by atoms with Crippen LogP contribution in [0.4, 0.5) is 10.7 Å². The first-order chi connectivity index (χ1) is 14.9. The van der Waals surface area contributed by atoms with E-state index in [0.29, 0.717) is 38.2 Å². The molecule has 0 fully saturated rings. The number of hydrogen-bond donors (Lipinski definition) is 2. The predicted octanol–water partition coefficient (Wildman–Crippen LogP) is 5.61. The summed E-state index contributed by atoms with van der Waals surface area (Å²) in [5.41, 5.74) is 3.37. The molecule has 0 aliphatic rings. The van der Waals surface area contributed by atoms with Crippen LogP contribution in [0.15, 0.2) is 47.8 Å². The average molecular weight is 459 g/mol. The third kappa shape index (κ3) is 5.37. The molecule has 3 aromatic rings. The summed E-state index contributed by atoms with van der Waals surface area (Å²) in [5.74, 6) is -0.174. The summed E-state index contributed by atoms with van der Waals surface area (Å²) in [6.45, 7) is 3.91. The van der Waals surface area contributed by atoms with Crippen molar-refractivity contribution in [2.24, 2.45) is 0 Å². The molecular formula is C23H23ClN2O4S. The molecule has 0 saturated carbocycles. The van der Waals surface area contributed by atoms with Gasteiger partial charge in [0, 0.05) is 21.5 Å². The standard InChI is InChI=1S/C23H23ClN2O4S/c1-4-30-23(28)21-16(15-7-5-6-8-17(15)24)13-31-22(21)26-20(27)12-25-18-11-14(2)9-10-19(18)29-3/h5-11,13,25H,4,12H2,1-3H3,(H,26,27). The molecule has 6 nitrogen and oxygen atoms in total.